The van der Waals surface area contributed by atoms with Gasteiger partial charge in [-0.2, -0.15) is 0 Å². The first-order chi connectivity index (χ1) is 8.66. The Labute approximate surface area is 110 Å². The Morgan fingerprint density at radius 3 is 2.83 bits per heavy atom. The van der Waals surface area contributed by atoms with E-state index in [2.05, 4.69) is 19.2 Å². The minimum atomic E-state index is 0.225. The molecule has 100 valence electrons. The smallest absolute Gasteiger partial charge is 0.120 e. The first kappa shape index (κ1) is 13.4. The Bertz CT molecular complexity index is 377. The lowest BCUT2D eigenvalue weighted by Gasteiger charge is -2.28. The summed E-state index contributed by atoms with van der Waals surface area (Å²) in [5.41, 5.74) is 1.00. The number of para-hydroxylation sites is 1. The monoisotopic (exact) mass is 247 g/mol. The molecule has 0 aliphatic heterocycles. The molecule has 1 aliphatic rings. The number of phenolic OH excluding ortho intramolecular Hbond substituents is 1. The van der Waals surface area contributed by atoms with Crippen LogP contribution in [0.15, 0.2) is 24.3 Å². The molecule has 1 fully saturated rings. The van der Waals surface area contributed by atoms with E-state index in [9.17, 15) is 5.11 Å². The summed E-state index contributed by atoms with van der Waals surface area (Å²) < 4.78 is 0. The first-order valence-electron chi connectivity index (χ1n) is 7.18. The van der Waals surface area contributed by atoms with Crippen molar-refractivity contribution in [3.8, 4) is 5.75 Å². The number of rotatable bonds is 4. The lowest BCUT2D eigenvalue weighted by atomic mass is 9.82. The Morgan fingerprint density at radius 2 is 2.11 bits per heavy atom. The summed E-state index contributed by atoms with van der Waals surface area (Å²) in [6, 6.07) is 7.83. The summed E-state index contributed by atoms with van der Waals surface area (Å²) >= 11 is 0. The highest BCUT2D eigenvalue weighted by atomic mass is 16.3. The second-order valence-electron chi connectivity index (χ2n) is 5.83. The standard InChI is InChI=1S/C16H25NO/c1-12-6-5-7-14(10-12)11-17-13(2)15-8-3-4-9-16(15)18/h3-4,8-9,12-14,17-18H,5-7,10-11H2,1-2H3. The topological polar surface area (TPSA) is 32.3 Å². The third-order valence-electron chi connectivity index (χ3n) is 4.16. The predicted octanol–water partition coefficient (Wildman–Crippen LogP) is 3.87. The van der Waals surface area contributed by atoms with Crippen molar-refractivity contribution in [1.29, 1.82) is 0 Å². The van der Waals surface area contributed by atoms with Gasteiger partial charge in [0, 0.05) is 11.6 Å². The molecule has 3 unspecified atom stereocenters. The van der Waals surface area contributed by atoms with E-state index in [1.165, 1.54) is 25.7 Å². The zero-order chi connectivity index (χ0) is 13.0. The van der Waals surface area contributed by atoms with Crippen molar-refractivity contribution in [3.63, 3.8) is 0 Å². The van der Waals surface area contributed by atoms with Crippen LogP contribution in [0.4, 0.5) is 0 Å². The normalized spacial score (nSPS) is 25.9. The van der Waals surface area contributed by atoms with E-state index in [4.69, 9.17) is 0 Å². The van der Waals surface area contributed by atoms with Gasteiger partial charge in [0.2, 0.25) is 0 Å². The number of hydrogen-bond donors (Lipinski definition) is 2. The van der Waals surface area contributed by atoms with Crippen LogP contribution in [0, 0.1) is 11.8 Å². The van der Waals surface area contributed by atoms with Crippen molar-refractivity contribution in [2.45, 2.75) is 45.6 Å². The summed E-state index contributed by atoms with van der Waals surface area (Å²) in [4.78, 5) is 0. The van der Waals surface area contributed by atoms with Crippen LogP contribution in [-0.2, 0) is 0 Å². The van der Waals surface area contributed by atoms with Crippen LogP contribution in [0.1, 0.15) is 51.1 Å². The van der Waals surface area contributed by atoms with Crippen LogP contribution < -0.4 is 5.32 Å². The molecule has 0 radical (unpaired) electrons. The number of benzene rings is 1. The molecule has 1 aromatic rings. The van der Waals surface area contributed by atoms with E-state index >= 15 is 0 Å². The minimum Gasteiger partial charge on any atom is -0.508 e. The third kappa shape index (κ3) is 3.49. The quantitative estimate of drug-likeness (QED) is 0.846. The van der Waals surface area contributed by atoms with Gasteiger partial charge in [0.1, 0.15) is 5.75 Å². The Balaban J connectivity index is 1.84. The Hall–Kier alpha value is -1.02. The molecule has 0 spiro atoms. The molecule has 2 nitrogen and oxygen atoms in total. The molecule has 18 heavy (non-hydrogen) atoms. The van der Waals surface area contributed by atoms with E-state index in [-0.39, 0.29) is 6.04 Å². The van der Waals surface area contributed by atoms with E-state index in [1.54, 1.807) is 6.07 Å². The van der Waals surface area contributed by atoms with Gasteiger partial charge in [-0.05, 0) is 44.2 Å². The molecule has 0 saturated heterocycles. The van der Waals surface area contributed by atoms with Crippen molar-refractivity contribution in [3.05, 3.63) is 29.8 Å². The fraction of sp³-hybridized carbons (Fsp3) is 0.625. The number of phenols is 1. The molecule has 1 saturated carbocycles. The second-order valence-corrected chi connectivity index (χ2v) is 5.83. The van der Waals surface area contributed by atoms with Gasteiger partial charge in [0.25, 0.3) is 0 Å². The van der Waals surface area contributed by atoms with Crippen LogP contribution in [0.5, 0.6) is 5.75 Å². The van der Waals surface area contributed by atoms with Crippen molar-refractivity contribution in [2.75, 3.05) is 6.54 Å². The number of hydrogen-bond acceptors (Lipinski definition) is 2. The van der Waals surface area contributed by atoms with Gasteiger partial charge in [-0.15, -0.1) is 0 Å². The van der Waals surface area contributed by atoms with Crippen molar-refractivity contribution in [1.82, 2.24) is 5.32 Å². The van der Waals surface area contributed by atoms with Crippen molar-refractivity contribution in [2.24, 2.45) is 11.8 Å². The largest absolute Gasteiger partial charge is 0.508 e. The molecule has 3 atom stereocenters. The summed E-state index contributed by atoms with van der Waals surface area (Å²) in [6.45, 7) is 5.56. The summed E-state index contributed by atoms with van der Waals surface area (Å²) in [6.07, 6.45) is 5.47. The fourth-order valence-corrected chi connectivity index (χ4v) is 3.05. The van der Waals surface area contributed by atoms with Crippen LogP contribution >= 0.6 is 0 Å². The molecule has 0 heterocycles. The minimum absolute atomic E-state index is 0.225. The van der Waals surface area contributed by atoms with Gasteiger partial charge >= 0.3 is 0 Å². The van der Waals surface area contributed by atoms with Crippen molar-refractivity contribution < 1.29 is 5.11 Å². The number of nitrogens with one attached hydrogen (secondary N) is 1. The van der Waals surface area contributed by atoms with Gasteiger partial charge in [0.15, 0.2) is 0 Å². The van der Waals surface area contributed by atoms with Gasteiger partial charge in [-0.1, -0.05) is 38.0 Å². The van der Waals surface area contributed by atoms with Crippen molar-refractivity contribution >= 4 is 0 Å². The average Bonchev–Trinajstić information content (AvgIpc) is 2.37. The van der Waals surface area contributed by atoms with Crippen LogP contribution in [-0.4, -0.2) is 11.7 Å². The highest BCUT2D eigenvalue weighted by molar-refractivity contribution is 5.34. The third-order valence-corrected chi connectivity index (χ3v) is 4.16. The zero-order valence-corrected chi connectivity index (χ0v) is 11.5. The Kier molecular flexibility index (Phi) is 4.65. The van der Waals surface area contributed by atoms with E-state index in [0.29, 0.717) is 5.75 Å². The molecule has 1 aliphatic carbocycles. The second kappa shape index (κ2) is 6.24. The zero-order valence-electron chi connectivity index (χ0n) is 11.5. The van der Waals surface area contributed by atoms with Gasteiger partial charge < -0.3 is 10.4 Å². The van der Waals surface area contributed by atoms with E-state index in [0.717, 1.165) is 23.9 Å². The molecule has 2 rings (SSSR count). The number of aromatic hydroxyl groups is 1. The maximum absolute atomic E-state index is 9.82. The molecule has 2 heteroatoms. The molecule has 0 amide bonds. The van der Waals surface area contributed by atoms with Crippen LogP contribution in [0.3, 0.4) is 0 Å². The summed E-state index contributed by atoms with van der Waals surface area (Å²) in [5.74, 6) is 2.09. The predicted molar refractivity (Wildman–Crippen MR) is 75.6 cm³/mol. The molecular formula is C16H25NO. The van der Waals surface area contributed by atoms with E-state index < -0.39 is 0 Å². The fourth-order valence-electron chi connectivity index (χ4n) is 3.05. The van der Waals surface area contributed by atoms with Gasteiger partial charge in [0.05, 0.1) is 0 Å². The van der Waals surface area contributed by atoms with Gasteiger partial charge in [-0.3, -0.25) is 0 Å². The van der Waals surface area contributed by atoms with Crippen LogP contribution in [0.2, 0.25) is 0 Å². The highest BCUT2D eigenvalue weighted by Gasteiger charge is 2.19. The summed E-state index contributed by atoms with van der Waals surface area (Å²) in [5, 5.41) is 13.4. The van der Waals surface area contributed by atoms with Gasteiger partial charge in [-0.25, -0.2) is 0 Å². The first-order valence-corrected chi connectivity index (χ1v) is 7.18. The van der Waals surface area contributed by atoms with Crippen LogP contribution in [0.25, 0.3) is 0 Å². The van der Waals surface area contributed by atoms with E-state index in [1.807, 2.05) is 18.2 Å². The highest BCUT2D eigenvalue weighted by Crippen LogP contribution is 2.29. The average molecular weight is 247 g/mol. The SMILES string of the molecule is CC1CCCC(CNC(C)c2ccccc2O)C1. The molecule has 1 aromatic carbocycles. The molecule has 0 aromatic heterocycles. The lowest BCUT2D eigenvalue weighted by molar-refractivity contribution is 0.268. The lowest BCUT2D eigenvalue weighted by Crippen LogP contribution is -2.28. The molecular weight excluding hydrogens is 222 g/mol. The Morgan fingerprint density at radius 1 is 1.33 bits per heavy atom. The summed E-state index contributed by atoms with van der Waals surface area (Å²) in [7, 11) is 0. The maximum atomic E-state index is 9.82. The molecule has 0 bridgehead atoms. The molecule has 2 N–H and O–H groups in total. The maximum Gasteiger partial charge on any atom is 0.120 e.